The number of esters is 1. The first-order chi connectivity index (χ1) is 11.6. The Morgan fingerprint density at radius 1 is 1.17 bits per heavy atom. The van der Waals surface area contributed by atoms with Crippen LogP contribution < -0.4 is 11.1 Å². The Morgan fingerprint density at radius 2 is 1.96 bits per heavy atom. The SMILES string of the molecule is NC(=O)NCCCCCC(=O)OCc1ncc(-c2ccccc2)o1. The summed E-state index contributed by atoms with van der Waals surface area (Å²) in [5.41, 5.74) is 5.87. The Kier molecular flexibility index (Phi) is 6.82. The average Bonchev–Trinajstić information content (AvgIpc) is 3.06. The molecule has 128 valence electrons. The van der Waals surface area contributed by atoms with Crippen LogP contribution in [0.2, 0.25) is 0 Å². The van der Waals surface area contributed by atoms with E-state index in [9.17, 15) is 9.59 Å². The fraction of sp³-hybridized carbons (Fsp3) is 0.353. The molecule has 2 amide bonds. The van der Waals surface area contributed by atoms with Crippen LogP contribution in [0.3, 0.4) is 0 Å². The van der Waals surface area contributed by atoms with E-state index in [1.165, 1.54) is 0 Å². The highest BCUT2D eigenvalue weighted by atomic mass is 16.5. The van der Waals surface area contributed by atoms with E-state index >= 15 is 0 Å². The van der Waals surface area contributed by atoms with Crippen LogP contribution in [0.1, 0.15) is 31.6 Å². The van der Waals surface area contributed by atoms with E-state index in [1.807, 2.05) is 30.3 Å². The standard InChI is InChI=1S/C17H21N3O4/c18-17(22)19-10-6-2-5-9-16(21)23-12-15-20-11-14(24-15)13-7-3-1-4-8-13/h1,3-4,7-8,11H,2,5-6,9-10,12H2,(H3,18,19,22). The van der Waals surface area contributed by atoms with Crippen LogP contribution in [0.25, 0.3) is 11.3 Å². The second-order valence-corrected chi connectivity index (χ2v) is 5.25. The number of aromatic nitrogens is 1. The summed E-state index contributed by atoms with van der Waals surface area (Å²) in [6.45, 7) is 0.540. The zero-order chi connectivity index (χ0) is 17.2. The van der Waals surface area contributed by atoms with Crippen LogP contribution in [0.5, 0.6) is 0 Å². The average molecular weight is 331 g/mol. The van der Waals surface area contributed by atoms with E-state index in [4.69, 9.17) is 14.9 Å². The first-order valence-electron chi connectivity index (χ1n) is 7.84. The minimum absolute atomic E-state index is 0.0227. The van der Waals surface area contributed by atoms with Crippen molar-refractivity contribution in [2.75, 3.05) is 6.54 Å². The Labute approximate surface area is 140 Å². The molecule has 1 aromatic carbocycles. The molecule has 0 bridgehead atoms. The monoisotopic (exact) mass is 331 g/mol. The van der Waals surface area contributed by atoms with Gasteiger partial charge in [0, 0.05) is 18.5 Å². The molecule has 0 spiro atoms. The number of hydrogen-bond donors (Lipinski definition) is 2. The number of unbranched alkanes of at least 4 members (excludes halogenated alkanes) is 2. The molecule has 1 heterocycles. The number of rotatable bonds is 9. The van der Waals surface area contributed by atoms with Gasteiger partial charge in [-0.25, -0.2) is 9.78 Å². The number of carbonyl (C=O) groups excluding carboxylic acids is 2. The van der Waals surface area contributed by atoms with Crippen LogP contribution in [0.4, 0.5) is 4.79 Å². The summed E-state index contributed by atoms with van der Waals surface area (Å²) in [4.78, 5) is 26.2. The molecular weight excluding hydrogens is 310 g/mol. The number of nitrogens with two attached hydrogens (primary N) is 1. The number of hydrogen-bond acceptors (Lipinski definition) is 5. The summed E-state index contributed by atoms with van der Waals surface area (Å²) in [5.74, 6) is 0.716. The van der Waals surface area contributed by atoms with Gasteiger partial charge in [0.15, 0.2) is 12.4 Å². The molecule has 0 saturated carbocycles. The van der Waals surface area contributed by atoms with E-state index in [0.29, 0.717) is 31.0 Å². The third-order valence-electron chi connectivity index (χ3n) is 3.33. The normalized spacial score (nSPS) is 10.3. The number of primary amides is 1. The number of urea groups is 1. The van der Waals surface area contributed by atoms with Crippen molar-refractivity contribution < 1.29 is 18.7 Å². The lowest BCUT2D eigenvalue weighted by molar-refractivity contribution is -0.145. The fourth-order valence-electron chi connectivity index (χ4n) is 2.11. The second kappa shape index (κ2) is 9.34. The molecule has 0 aliphatic heterocycles. The molecule has 3 N–H and O–H groups in total. The lowest BCUT2D eigenvalue weighted by Crippen LogP contribution is -2.29. The van der Waals surface area contributed by atoms with Crippen molar-refractivity contribution in [3.8, 4) is 11.3 Å². The molecule has 0 fully saturated rings. The molecule has 0 aliphatic rings. The maximum Gasteiger partial charge on any atom is 0.312 e. The van der Waals surface area contributed by atoms with Gasteiger partial charge in [-0.15, -0.1) is 0 Å². The van der Waals surface area contributed by atoms with Gasteiger partial charge in [-0.05, 0) is 12.8 Å². The predicted octanol–water partition coefficient (Wildman–Crippen LogP) is 2.61. The van der Waals surface area contributed by atoms with Crippen LogP contribution in [0, 0.1) is 0 Å². The van der Waals surface area contributed by atoms with E-state index in [-0.39, 0.29) is 12.6 Å². The fourth-order valence-corrected chi connectivity index (χ4v) is 2.11. The molecule has 0 unspecified atom stereocenters. The largest absolute Gasteiger partial charge is 0.456 e. The van der Waals surface area contributed by atoms with Gasteiger partial charge in [0.05, 0.1) is 6.20 Å². The first-order valence-corrected chi connectivity index (χ1v) is 7.84. The second-order valence-electron chi connectivity index (χ2n) is 5.25. The van der Waals surface area contributed by atoms with Gasteiger partial charge in [-0.3, -0.25) is 4.79 Å². The van der Waals surface area contributed by atoms with E-state index in [1.54, 1.807) is 6.20 Å². The Hall–Kier alpha value is -2.83. The highest BCUT2D eigenvalue weighted by molar-refractivity contribution is 5.71. The zero-order valence-electron chi connectivity index (χ0n) is 13.4. The number of nitrogens with zero attached hydrogens (tertiary/aromatic N) is 1. The van der Waals surface area contributed by atoms with Gasteiger partial charge in [0.1, 0.15) is 0 Å². The maximum atomic E-state index is 11.7. The van der Waals surface area contributed by atoms with Crippen LogP contribution in [-0.4, -0.2) is 23.5 Å². The van der Waals surface area contributed by atoms with Crippen molar-refractivity contribution in [1.82, 2.24) is 10.3 Å². The summed E-state index contributed by atoms with van der Waals surface area (Å²) in [7, 11) is 0. The number of oxazole rings is 1. The van der Waals surface area contributed by atoms with E-state index < -0.39 is 6.03 Å². The third kappa shape index (κ3) is 6.12. The van der Waals surface area contributed by atoms with Gasteiger partial charge in [-0.2, -0.15) is 0 Å². The molecule has 0 radical (unpaired) electrons. The highest BCUT2D eigenvalue weighted by Crippen LogP contribution is 2.20. The lowest BCUT2D eigenvalue weighted by Gasteiger charge is -2.03. The molecule has 7 heteroatoms. The molecule has 0 aliphatic carbocycles. The smallest absolute Gasteiger partial charge is 0.312 e. The van der Waals surface area contributed by atoms with E-state index in [0.717, 1.165) is 18.4 Å². The van der Waals surface area contributed by atoms with Crippen molar-refractivity contribution in [3.63, 3.8) is 0 Å². The predicted molar refractivity (Wildman–Crippen MR) is 87.8 cm³/mol. The third-order valence-corrected chi connectivity index (χ3v) is 3.33. The molecule has 0 saturated heterocycles. The van der Waals surface area contributed by atoms with Crippen molar-refractivity contribution in [2.45, 2.75) is 32.3 Å². The minimum atomic E-state index is -0.532. The van der Waals surface area contributed by atoms with Gasteiger partial charge in [0.25, 0.3) is 0 Å². The molecule has 24 heavy (non-hydrogen) atoms. The Bertz CT molecular complexity index is 655. The summed E-state index contributed by atoms with van der Waals surface area (Å²) >= 11 is 0. The minimum Gasteiger partial charge on any atom is -0.456 e. The molecule has 0 atom stereocenters. The molecule has 7 nitrogen and oxygen atoms in total. The summed E-state index contributed by atoms with van der Waals surface area (Å²) in [6.07, 6.45) is 4.22. The topological polar surface area (TPSA) is 107 Å². The molecule has 2 rings (SSSR count). The summed E-state index contributed by atoms with van der Waals surface area (Å²) in [6, 6.07) is 9.06. The quantitative estimate of drug-likeness (QED) is 0.542. The van der Waals surface area contributed by atoms with Crippen molar-refractivity contribution in [2.24, 2.45) is 5.73 Å². The van der Waals surface area contributed by atoms with Crippen molar-refractivity contribution in [3.05, 3.63) is 42.4 Å². The Morgan fingerprint density at radius 3 is 2.71 bits per heavy atom. The van der Waals surface area contributed by atoms with Gasteiger partial charge >= 0.3 is 12.0 Å². The van der Waals surface area contributed by atoms with Gasteiger partial charge in [-0.1, -0.05) is 36.8 Å². The maximum absolute atomic E-state index is 11.7. The first kappa shape index (κ1) is 17.5. The molecular formula is C17H21N3O4. The number of ether oxygens (including phenoxy) is 1. The van der Waals surface area contributed by atoms with E-state index in [2.05, 4.69) is 10.3 Å². The number of nitrogens with one attached hydrogen (secondary N) is 1. The Balaban J connectivity index is 1.64. The number of carbonyl (C=O) groups is 2. The van der Waals surface area contributed by atoms with Crippen LogP contribution in [0.15, 0.2) is 40.9 Å². The van der Waals surface area contributed by atoms with Crippen molar-refractivity contribution >= 4 is 12.0 Å². The number of amides is 2. The van der Waals surface area contributed by atoms with Crippen LogP contribution in [-0.2, 0) is 16.1 Å². The summed E-state index contributed by atoms with van der Waals surface area (Å²) in [5, 5.41) is 2.50. The van der Waals surface area contributed by atoms with Crippen molar-refractivity contribution in [1.29, 1.82) is 0 Å². The van der Waals surface area contributed by atoms with Crippen LogP contribution >= 0.6 is 0 Å². The summed E-state index contributed by atoms with van der Waals surface area (Å²) < 4.78 is 10.7. The highest BCUT2D eigenvalue weighted by Gasteiger charge is 2.09. The molecule has 2 aromatic rings. The molecule has 1 aromatic heterocycles. The lowest BCUT2D eigenvalue weighted by atomic mass is 10.2. The van der Waals surface area contributed by atoms with Gasteiger partial charge < -0.3 is 20.2 Å². The zero-order valence-corrected chi connectivity index (χ0v) is 13.4. The van der Waals surface area contributed by atoms with Gasteiger partial charge in [0.2, 0.25) is 5.89 Å². The number of benzene rings is 1.